The van der Waals surface area contributed by atoms with Crippen molar-refractivity contribution in [2.24, 2.45) is 0 Å². The first-order valence-corrected chi connectivity index (χ1v) is 20.2. The summed E-state index contributed by atoms with van der Waals surface area (Å²) < 4.78 is 7.23. The van der Waals surface area contributed by atoms with E-state index in [-0.39, 0.29) is 0 Å². The molecule has 0 N–H and O–H groups in total. The average molecular weight is 750 g/mol. The summed E-state index contributed by atoms with van der Waals surface area (Å²) in [5.41, 5.74) is 11.3. The van der Waals surface area contributed by atoms with Gasteiger partial charge in [-0.05, 0) is 71.4 Å². The predicted molar refractivity (Wildman–Crippen MR) is 246 cm³/mol. The molecule has 0 aliphatic carbocycles. The second-order valence-corrected chi connectivity index (χ2v) is 15.8. The largest absolute Gasteiger partial charge is 0.309 e. The molecule has 0 bridgehead atoms. The van der Waals surface area contributed by atoms with Crippen molar-refractivity contribution in [3.63, 3.8) is 0 Å². The van der Waals surface area contributed by atoms with Crippen molar-refractivity contribution in [1.29, 1.82) is 0 Å². The Balaban J connectivity index is 1.10. The Bertz CT molecular complexity index is 4070. The van der Waals surface area contributed by atoms with Crippen LogP contribution in [-0.4, -0.2) is 23.7 Å². The van der Waals surface area contributed by atoms with Gasteiger partial charge in [-0.25, -0.2) is 0 Å². The Labute approximate surface area is 336 Å². The van der Waals surface area contributed by atoms with E-state index in [9.17, 15) is 0 Å². The van der Waals surface area contributed by atoms with E-state index in [4.69, 9.17) is 10.2 Å². The third-order valence-corrected chi connectivity index (χ3v) is 12.8. The molecule has 14 aromatic rings. The average Bonchev–Trinajstić information content (AvgIpc) is 4.02. The summed E-state index contributed by atoms with van der Waals surface area (Å²) >= 11 is 0. The van der Waals surface area contributed by atoms with Gasteiger partial charge in [-0.1, -0.05) is 127 Å². The van der Waals surface area contributed by atoms with E-state index in [0.717, 1.165) is 50.1 Å². The van der Waals surface area contributed by atoms with Gasteiger partial charge in [0.05, 0.1) is 38.6 Å². The number of aromatic nitrogens is 5. The minimum absolute atomic E-state index is 0.823. The zero-order valence-electron chi connectivity index (χ0n) is 31.6. The molecule has 0 spiro atoms. The number of hydrogen-bond donors (Lipinski definition) is 0. The standard InChI is InChI=1S/C54H31N5/c1-2-16-35(17-3-1)57-45-23-11-8-18-36(45)41-29-34(26-27-48(41)57)51-38-20-6-7-21-39(38)54(56-55-51)59-49-30-33-15-5-4-14-32(33)28-42(49)44-31-43-37-19-9-12-24-46(37)58-47-25-13-10-22-40(47)50(52(43)58)53(44)59/h1-31H. The highest BCUT2D eigenvalue weighted by molar-refractivity contribution is 6.34. The summed E-state index contributed by atoms with van der Waals surface area (Å²) in [4.78, 5) is 0. The maximum Gasteiger partial charge on any atom is 0.168 e. The van der Waals surface area contributed by atoms with Crippen molar-refractivity contribution >= 4 is 103 Å². The summed E-state index contributed by atoms with van der Waals surface area (Å²) in [6.45, 7) is 0. The van der Waals surface area contributed by atoms with Gasteiger partial charge in [-0.2, -0.15) is 0 Å². The summed E-state index contributed by atoms with van der Waals surface area (Å²) in [7, 11) is 0. The molecule has 14 rings (SSSR count). The van der Waals surface area contributed by atoms with Gasteiger partial charge in [0.25, 0.3) is 0 Å². The van der Waals surface area contributed by atoms with E-state index in [2.05, 4.69) is 202 Å². The number of fused-ring (bicyclic) bond motifs is 15. The second kappa shape index (κ2) is 11.3. The third kappa shape index (κ3) is 4.03. The van der Waals surface area contributed by atoms with Crippen LogP contribution >= 0.6 is 0 Å². The number of nitrogens with zero attached hydrogens (tertiary/aromatic N) is 5. The van der Waals surface area contributed by atoms with E-state index in [1.165, 1.54) is 75.9 Å². The fourth-order valence-corrected chi connectivity index (χ4v) is 10.4. The van der Waals surface area contributed by atoms with Crippen molar-refractivity contribution in [1.82, 2.24) is 23.7 Å². The Kier molecular flexibility index (Phi) is 5.96. The molecule has 0 amide bonds. The van der Waals surface area contributed by atoms with E-state index < -0.39 is 0 Å². The van der Waals surface area contributed by atoms with Crippen LogP contribution in [0.25, 0.3) is 126 Å². The Morgan fingerprint density at radius 2 is 0.898 bits per heavy atom. The molecule has 5 heterocycles. The van der Waals surface area contributed by atoms with Crippen LogP contribution in [0, 0.1) is 0 Å². The monoisotopic (exact) mass is 749 g/mol. The molecule has 9 aromatic carbocycles. The minimum atomic E-state index is 0.823. The zero-order chi connectivity index (χ0) is 38.3. The SMILES string of the molecule is c1ccc(-n2c3ccccc3c3cc(-c4nnc(-n5c6cc7ccccc7cc6c6cc7c8ccccc8n8c9ccccc9c(c65)c78)c5ccccc45)ccc32)cc1. The Morgan fingerprint density at radius 3 is 1.69 bits per heavy atom. The van der Waals surface area contributed by atoms with Crippen LogP contribution in [-0.2, 0) is 0 Å². The van der Waals surface area contributed by atoms with Gasteiger partial charge in [-0.15, -0.1) is 10.2 Å². The van der Waals surface area contributed by atoms with Gasteiger partial charge < -0.3 is 8.97 Å². The minimum Gasteiger partial charge on any atom is -0.309 e. The molecule has 0 aliphatic rings. The van der Waals surface area contributed by atoms with Gasteiger partial charge in [0.1, 0.15) is 5.69 Å². The van der Waals surface area contributed by atoms with Crippen molar-refractivity contribution in [2.75, 3.05) is 0 Å². The lowest BCUT2D eigenvalue weighted by Gasteiger charge is -2.14. The van der Waals surface area contributed by atoms with Crippen molar-refractivity contribution in [3.8, 4) is 22.8 Å². The van der Waals surface area contributed by atoms with Crippen LogP contribution in [0.2, 0.25) is 0 Å². The number of rotatable bonds is 3. The summed E-state index contributed by atoms with van der Waals surface area (Å²) in [6, 6.07) is 68.2. The van der Waals surface area contributed by atoms with Crippen LogP contribution in [0.3, 0.4) is 0 Å². The first kappa shape index (κ1) is 31.1. The van der Waals surface area contributed by atoms with E-state index in [1.807, 2.05) is 0 Å². The summed E-state index contributed by atoms with van der Waals surface area (Å²) in [5.74, 6) is 0.823. The fourth-order valence-electron chi connectivity index (χ4n) is 10.4. The van der Waals surface area contributed by atoms with Crippen LogP contribution in [0.4, 0.5) is 0 Å². The van der Waals surface area contributed by atoms with Crippen molar-refractivity contribution in [2.45, 2.75) is 0 Å². The number of hydrogen-bond acceptors (Lipinski definition) is 2. The van der Waals surface area contributed by atoms with Crippen LogP contribution < -0.4 is 0 Å². The lowest BCUT2D eigenvalue weighted by atomic mass is 10.0. The van der Waals surface area contributed by atoms with Crippen LogP contribution in [0.5, 0.6) is 0 Å². The fraction of sp³-hybridized carbons (Fsp3) is 0. The molecule has 0 atom stereocenters. The number of para-hydroxylation sites is 4. The highest BCUT2D eigenvalue weighted by Gasteiger charge is 2.26. The smallest absolute Gasteiger partial charge is 0.168 e. The number of benzene rings is 9. The van der Waals surface area contributed by atoms with E-state index >= 15 is 0 Å². The molecule has 0 saturated carbocycles. The summed E-state index contributed by atoms with van der Waals surface area (Å²) in [5, 5.41) is 24.8. The predicted octanol–water partition coefficient (Wildman–Crippen LogP) is 13.8. The topological polar surface area (TPSA) is 40.0 Å². The lowest BCUT2D eigenvalue weighted by Crippen LogP contribution is -2.03. The van der Waals surface area contributed by atoms with Gasteiger partial charge in [0.2, 0.25) is 0 Å². The van der Waals surface area contributed by atoms with Crippen LogP contribution in [0.15, 0.2) is 188 Å². The Morgan fingerprint density at radius 1 is 0.322 bits per heavy atom. The highest BCUT2D eigenvalue weighted by Crippen LogP contribution is 2.47. The van der Waals surface area contributed by atoms with Gasteiger partial charge in [0.15, 0.2) is 5.82 Å². The van der Waals surface area contributed by atoms with Gasteiger partial charge in [0, 0.05) is 65.1 Å². The third-order valence-electron chi connectivity index (χ3n) is 12.8. The molecule has 0 aliphatic heterocycles. The molecule has 0 radical (unpaired) electrons. The first-order valence-electron chi connectivity index (χ1n) is 20.2. The lowest BCUT2D eigenvalue weighted by molar-refractivity contribution is 0.979. The normalized spacial score (nSPS) is 12.4. The molecule has 5 nitrogen and oxygen atoms in total. The molecule has 5 aromatic heterocycles. The molecule has 0 unspecified atom stereocenters. The van der Waals surface area contributed by atoms with Crippen LogP contribution in [0.1, 0.15) is 0 Å². The maximum atomic E-state index is 5.27. The maximum absolute atomic E-state index is 5.27. The highest BCUT2D eigenvalue weighted by atomic mass is 15.2. The molecular formula is C54H31N5. The zero-order valence-corrected chi connectivity index (χ0v) is 31.6. The quantitative estimate of drug-likeness (QED) is 0.180. The molecule has 5 heteroatoms. The first-order chi connectivity index (χ1) is 29.3. The second-order valence-electron chi connectivity index (χ2n) is 15.8. The van der Waals surface area contributed by atoms with E-state index in [1.54, 1.807) is 0 Å². The van der Waals surface area contributed by atoms with E-state index in [0.29, 0.717) is 0 Å². The Hall–Kier alpha value is -8.02. The molecular weight excluding hydrogens is 719 g/mol. The van der Waals surface area contributed by atoms with Crippen molar-refractivity contribution < 1.29 is 0 Å². The van der Waals surface area contributed by atoms with Crippen molar-refractivity contribution in [3.05, 3.63) is 188 Å². The molecule has 0 fully saturated rings. The molecule has 0 saturated heterocycles. The van der Waals surface area contributed by atoms with Gasteiger partial charge in [-0.3, -0.25) is 4.57 Å². The van der Waals surface area contributed by atoms with Gasteiger partial charge >= 0.3 is 0 Å². The summed E-state index contributed by atoms with van der Waals surface area (Å²) in [6.07, 6.45) is 0. The molecule has 59 heavy (non-hydrogen) atoms. The molecule has 272 valence electrons.